The molecule has 0 saturated heterocycles. The van der Waals surface area contributed by atoms with Crippen LogP contribution in [-0.4, -0.2) is 28.6 Å². The van der Waals surface area contributed by atoms with Gasteiger partial charge in [-0.1, -0.05) is 0 Å². The first-order valence-corrected chi connectivity index (χ1v) is 3.90. The Morgan fingerprint density at radius 3 is 1.92 bits per heavy atom. The average molecular weight is 195 g/mol. The van der Waals surface area contributed by atoms with E-state index in [1.54, 1.807) is 0 Å². The molecule has 0 rings (SSSR count). The van der Waals surface area contributed by atoms with Gasteiger partial charge in [0, 0.05) is 0 Å². The van der Waals surface area contributed by atoms with Crippen molar-refractivity contribution < 1.29 is 18.7 Å². The van der Waals surface area contributed by atoms with Gasteiger partial charge in [0.25, 0.3) is 5.91 Å². The van der Waals surface area contributed by atoms with Gasteiger partial charge in [-0.3, -0.25) is 4.79 Å². The lowest BCUT2D eigenvalue weighted by molar-refractivity contribution is -0.136. The topological polar surface area (TPSA) is 49.3 Å². The largest absolute Gasteiger partial charge is 0.388 e. The molecule has 2 N–H and O–H groups in total. The lowest BCUT2D eigenvalue weighted by Gasteiger charge is -2.37. The smallest absolute Gasteiger partial charge is 0.315 e. The van der Waals surface area contributed by atoms with Crippen LogP contribution in [0, 0.1) is 0 Å². The van der Waals surface area contributed by atoms with Crippen LogP contribution in [0.2, 0.25) is 0 Å². The molecule has 0 aliphatic rings. The number of rotatable bonds is 3. The average Bonchev–Trinajstić information content (AvgIpc) is 1.83. The normalized spacial score (nSPS) is 13.2. The summed E-state index contributed by atoms with van der Waals surface area (Å²) < 4.78 is 23.7. The van der Waals surface area contributed by atoms with Crippen molar-refractivity contribution in [3.8, 4) is 0 Å². The van der Waals surface area contributed by atoms with E-state index in [2.05, 4.69) is 5.32 Å². The minimum atomic E-state index is -3.05. The third-order valence-corrected chi connectivity index (χ3v) is 2.16. The number of nitrogens with one attached hydrogen (secondary N) is 1. The first-order chi connectivity index (χ1) is 5.58. The fraction of sp³-hybridized carbons (Fsp3) is 0.875. The summed E-state index contributed by atoms with van der Waals surface area (Å²) in [5.74, 6) is -1.37. The number of carbonyl (C=O) groups excluding carboxylic acids is 1. The fourth-order valence-electron chi connectivity index (χ4n) is 0.516. The van der Waals surface area contributed by atoms with E-state index in [9.17, 15) is 18.7 Å². The zero-order valence-corrected chi connectivity index (χ0v) is 8.19. The molecule has 0 unspecified atom stereocenters. The minimum Gasteiger partial charge on any atom is -0.388 e. The molecular formula is C8H15F2NO2. The predicted molar refractivity (Wildman–Crippen MR) is 44.5 cm³/mol. The summed E-state index contributed by atoms with van der Waals surface area (Å²) in [6, 6.07) is 0. The highest BCUT2D eigenvalue weighted by Crippen LogP contribution is 2.20. The van der Waals surface area contributed by atoms with E-state index >= 15 is 0 Å². The highest BCUT2D eigenvalue weighted by Gasteiger charge is 2.37. The molecule has 78 valence electrons. The number of alkyl halides is 2. The van der Waals surface area contributed by atoms with Crippen molar-refractivity contribution in [2.24, 2.45) is 0 Å². The summed E-state index contributed by atoms with van der Waals surface area (Å²) in [5, 5.41) is 11.6. The molecule has 0 atom stereocenters. The van der Waals surface area contributed by atoms with E-state index < -0.39 is 23.5 Å². The standard InChI is InChI=1S/C8H15F2NO2/c1-7(2,8(3,4)13)11-6(12)5(9)10/h5,13H,1-4H3,(H,11,12). The molecule has 0 aromatic rings. The summed E-state index contributed by atoms with van der Waals surface area (Å²) in [6.45, 7) is 5.85. The molecular weight excluding hydrogens is 180 g/mol. The summed E-state index contributed by atoms with van der Waals surface area (Å²) in [5.41, 5.74) is -2.34. The number of halogens is 2. The molecule has 0 heterocycles. The van der Waals surface area contributed by atoms with Gasteiger partial charge in [0.15, 0.2) is 0 Å². The molecule has 13 heavy (non-hydrogen) atoms. The van der Waals surface area contributed by atoms with Crippen molar-refractivity contribution in [3.05, 3.63) is 0 Å². The third kappa shape index (κ3) is 3.26. The molecule has 0 aliphatic carbocycles. The van der Waals surface area contributed by atoms with Crippen LogP contribution in [0.4, 0.5) is 8.78 Å². The molecule has 0 fully saturated rings. The van der Waals surface area contributed by atoms with Crippen molar-refractivity contribution in [3.63, 3.8) is 0 Å². The van der Waals surface area contributed by atoms with Gasteiger partial charge < -0.3 is 10.4 Å². The predicted octanol–water partition coefficient (Wildman–Crippen LogP) is 0.917. The van der Waals surface area contributed by atoms with Crippen LogP contribution in [0.3, 0.4) is 0 Å². The monoisotopic (exact) mass is 195 g/mol. The Bertz CT molecular complexity index is 197. The summed E-state index contributed by atoms with van der Waals surface area (Å²) in [7, 11) is 0. The second-order valence-electron chi connectivity index (χ2n) is 3.97. The van der Waals surface area contributed by atoms with Gasteiger partial charge in [-0.2, -0.15) is 8.78 Å². The van der Waals surface area contributed by atoms with Crippen LogP contribution < -0.4 is 5.32 Å². The zero-order valence-electron chi connectivity index (χ0n) is 8.19. The number of aliphatic hydroxyl groups is 1. The number of amides is 1. The molecule has 0 radical (unpaired) electrons. The Morgan fingerprint density at radius 1 is 1.31 bits per heavy atom. The highest BCUT2D eigenvalue weighted by molar-refractivity contribution is 5.79. The Kier molecular flexibility index (Phi) is 3.38. The van der Waals surface area contributed by atoms with Gasteiger partial charge in [-0.25, -0.2) is 0 Å². The van der Waals surface area contributed by atoms with E-state index in [1.165, 1.54) is 27.7 Å². The molecule has 0 spiro atoms. The van der Waals surface area contributed by atoms with Crippen LogP contribution in [0.1, 0.15) is 27.7 Å². The fourth-order valence-corrected chi connectivity index (χ4v) is 0.516. The van der Waals surface area contributed by atoms with Crippen LogP contribution in [0.25, 0.3) is 0 Å². The van der Waals surface area contributed by atoms with Gasteiger partial charge in [-0.05, 0) is 27.7 Å². The lowest BCUT2D eigenvalue weighted by atomic mass is 9.86. The first kappa shape index (κ1) is 12.3. The Morgan fingerprint density at radius 2 is 1.69 bits per heavy atom. The van der Waals surface area contributed by atoms with Crippen LogP contribution in [0.5, 0.6) is 0 Å². The SMILES string of the molecule is CC(C)(O)C(C)(C)NC(=O)C(F)F. The van der Waals surface area contributed by atoms with Crippen molar-refractivity contribution in [2.75, 3.05) is 0 Å². The van der Waals surface area contributed by atoms with Crippen LogP contribution >= 0.6 is 0 Å². The third-order valence-electron chi connectivity index (χ3n) is 2.16. The van der Waals surface area contributed by atoms with Gasteiger partial charge >= 0.3 is 6.43 Å². The molecule has 5 heteroatoms. The number of hydrogen-bond acceptors (Lipinski definition) is 2. The van der Waals surface area contributed by atoms with E-state index in [0.29, 0.717) is 0 Å². The molecule has 0 aromatic heterocycles. The van der Waals surface area contributed by atoms with Gasteiger partial charge in [0.1, 0.15) is 0 Å². The van der Waals surface area contributed by atoms with Gasteiger partial charge in [0.05, 0.1) is 11.1 Å². The van der Waals surface area contributed by atoms with E-state index in [1.807, 2.05) is 0 Å². The van der Waals surface area contributed by atoms with Gasteiger partial charge in [-0.15, -0.1) is 0 Å². The molecule has 0 aliphatic heterocycles. The summed E-state index contributed by atoms with van der Waals surface area (Å²) in [6.07, 6.45) is -3.05. The van der Waals surface area contributed by atoms with Crippen LogP contribution in [-0.2, 0) is 4.79 Å². The molecule has 3 nitrogen and oxygen atoms in total. The Balaban J connectivity index is 4.44. The van der Waals surface area contributed by atoms with E-state index in [-0.39, 0.29) is 0 Å². The summed E-state index contributed by atoms with van der Waals surface area (Å²) >= 11 is 0. The second-order valence-corrected chi connectivity index (χ2v) is 3.97. The molecule has 0 bridgehead atoms. The van der Waals surface area contributed by atoms with Crippen molar-refractivity contribution in [1.29, 1.82) is 0 Å². The maximum atomic E-state index is 11.9. The summed E-state index contributed by atoms with van der Waals surface area (Å²) in [4.78, 5) is 10.6. The minimum absolute atomic E-state index is 1.08. The first-order valence-electron chi connectivity index (χ1n) is 3.90. The van der Waals surface area contributed by atoms with E-state index in [0.717, 1.165) is 0 Å². The number of carbonyl (C=O) groups is 1. The highest BCUT2D eigenvalue weighted by atomic mass is 19.3. The van der Waals surface area contributed by atoms with Crippen LogP contribution in [0.15, 0.2) is 0 Å². The molecule has 0 aromatic carbocycles. The van der Waals surface area contributed by atoms with Crippen molar-refractivity contribution in [2.45, 2.75) is 45.3 Å². The lowest BCUT2D eigenvalue weighted by Crippen LogP contribution is -2.58. The maximum absolute atomic E-state index is 11.9. The van der Waals surface area contributed by atoms with Crippen molar-refractivity contribution in [1.82, 2.24) is 5.32 Å². The van der Waals surface area contributed by atoms with Crippen molar-refractivity contribution >= 4 is 5.91 Å². The number of hydrogen-bond donors (Lipinski definition) is 2. The second kappa shape index (κ2) is 3.57. The van der Waals surface area contributed by atoms with E-state index in [4.69, 9.17) is 0 Å². The van der Waals surface area contributed by atoms with Gasteiger partial charge in [0.2, 0.25) is 0 Å². The Hall–Kier alpha value is -0.710. The quantitative estimate of drug-likeness (QED) is 0.703. The molecule has 1 amide bonds. The zero-order chi connectivity index (χ0) is 10.9. The molecule has 0 saturated carbocycles. The maximum Gasteiger partial charge on any atom is 0.315 e. The Labute approximate surface area is 76.1 Å².